The lowest BCUT2D eigenvalue weighted by atomic mass is 9.91. The van der Waals surface area contributed by atoms with Gasteiger partial charge in [0.1, 0.15) is 0 Å². The van der Waals surface area contributed by atoms with Gasteiger partial charge in [-0.15, -0.1) is 0 Å². The molecule has 7 nitrogen and oxygen atoms in total. The molecule has 1 aromatic heterocycles. The molecule has 1 aliphatic rings. The maximum Gasteiger partial charge on any atom is 0.257 e. The van der Waals surface area contributed by atoms with Crippen molar-refractivity contribution in [3.8, 4) is 11.5 Å². The zero-order valence-electron chi connectivity index (χ0n) is 16.3. The maximum absolute atomic E-state index is 12.5. The molecule has 0 spiro atoms. The quantitative estimate of drug-likeness (QED) is 0.545. The minimum Gasteiger partial charge on any atom is -0.391 e. The van der Waals surface area contributed by atoms with E-state index < -0.39 is 13.5 Å². The highest BCUT2D eigenvalue weighted by Crippen LogP contribution is 2.45. The monoisotopic (exact) mass is 407 g/mol. The molecule has 2 unspecified atom stereocenters. The molecule has 1 heterocycles. The molecule has 0 saturated heterocycles. The molecule has 3 atom stereocenters. The van der Waals surface area contributed by atoms with E-state index >= 15 is 0 Å². The third kappa shape index (κ3) is 6.24. The normalized spacial score (nSPS) is 19.8. The zero-order valence-corrected chi connectivity index (χ0v) is 17.2. The third-order valence-electron chi connectivity index (χ3n) is 5.42. The summed E-state index contributed by atoms with van der Waals surface area (Å²) in [6, 6.07) is 7.71. The Morgan fingerprint density at radius 3 is 2.82 bits per heavy atom. The van der Waals surface area contributed by atoms with Gasteiger partial charge in [-0.1, -0.05) is 36.6 Å². The predicted molar refractivity (Wildman–Crippen MR) is 108 cm³/mol. The number of rotatable bonds is 9. The highest BCUT2D eigenvalue weighted by Gasteiger charge is 2.28. The average Bonchev–Trinajstić information content (AvgIpc) is 3.21. The van der Waals surface area contributed by atoms with E-state index in [1.54, 1.807) is 0 Å². The summed E-state index contributed by atoms with van der Waals surface area (Å²) in [7, 11) is -3.31. The van der Waals surface area contributed by atoms with Crippen LogP contribution in [0.4, 0.5) is 0 Å². The summed E-state index contributed by atoms with van der Waals surface area (Å²) in [4.78, 5) is 14.4. The fourth-order valence-corrected chi connectivity index (χ4v) is 6.02. The van der Waals surface area contributed by atoms with Crippen LogP contribution in [0, 0.1) is 5.92 Å². The van der Waals surface area contributed by atoms with Crippen molar-refractivity contribution in [2.75, 3.05) is 18.9 Å². The van der Waals surface area contributed by atoms with Crippen molar-refractivity contribution >= 4 is 7.37 Å². The van der Waals surface area contributed by atoms with Gasteiger partial charge in [-0.05, 0) is 43.4 Å². The van der Waals surface area contributed by atoms with Gasteiger partial charge < -0.3 is 19.8 Å². The largest absolute Gasteiger partial charge is 0.391 e. The summed E-state index contributed by atoms with van der Waals surface area (Å²) in [6.45, 7) is 2.25. The van der Waals surface area contributed by atoms with Crippen molar-refractivity contribution in [3.05, 3.63) is 36.2 Å². The third-order valence-corrected chi connectivity index (χ3v) is 7.50. The molecule has 0 bridgehead atoms. The molecule has 1 aliphatic carbocycles. The summed E-state index contributed by atoms with van der Waals surface area (Å²) in [5.41, 5.74) is 1.84. The highest BCUT2D eigenvalue weighted by molar-refractivity contribution is 7.58. The van der Waals surface area contributed by atoms with E-state index in [-0.39, 0.29) is 18.7 Å². The van der Waals surface area contributed by atoms with Crippen LogP contribution in [0.3, 0.4) is 0 Å². The van der Waals surface area contributed by atoms with Crippen molar-refractivity contribution in [2.24, 2.45) is 5.92 Å². The van der Waals surface area contributed by atoms with Gasteiger partial charge in [0.2, 0.25) is 7.37 Å². The first-order valence-corrected chi connectivity index (χ1v) is 12.1. The molecule has 0 radical (unpaired) electrons. The fourth-order valence-electron chi connectivity index (χ4n) is 3.91. The molecule has 0 amide bonds. The van der Waals surface area contributed by atoms with E-state index in [0.29, 0.717) is 18.0 Å². The molecule has 3 N–H and O–H groups in total. The van der Waals surface area contributed by atoms with Gasteiger partial charge in [0.25, 0.3) is 5.89 Å². The summed E-state index contributed by atoms with van der Waals surface area (Å²) < 4.78 is 17.6. The molecular formula is C20H30N3O4P. The van der Waals surface area contributed by atoms with Gasteiger partial charge in [-0.2, -0.15) is 4.98 Å². The second kappa shape index (κ2) is 9.79. The van der Waals surface area contributed by atoms with Crippen molar-refractivity contribution in [3.63, 3.8) is 0 Å². The number of benzene rings is 1. The molecule has 1 saturated carbocycles. The second-order valence-electron chi connectivity index (χ2n) is 7.87. The topological polar surface area (TPSA) is 108 Å². The Morgan fingerprint density at radius 1 is 1.32 bits per heavy atom. The Kier molecular flexibility index (Phi) is 7.41. The van der Waals surface area contributed by atoms with E-state index in [1.165, 1.54) is 12.7 Å². The van der Waals surface area contributed by atoms with Crippen molar-refractivity contribution in [1.29, 1.82) is 0 Å². The molecule has 1 aromatic carbocycles. The number of nitrogens with one attached hydrogen (secondary N) is 1. The number of aliphatic hydroxyl groups is 1. The minimum absolute atomic E-state index is 0.0334. The Balaban J connectivity index is 1.49. The van der Waals surface area contributed by atoms with Crippen LogP contribution < -0.4 is 5.32 Å². The fraction of sp³-hybridized carbons (Fsp3) is 0.600. The summed E-state index contributed by atoms with van der Waals surface area (Å²) in [5, 5.41) is 17.2. The van der Waals surface area contributed by atoms with Gasteiger partial charge in [0.15, 0.2) is 6.33 Å². The Hall–Kier alpha value is -1.53. The van der Waals surface area contributed by atoms with Crippen LogP contribution in [-0.2, 0) is 4.57 Å². The van der Waals surface area contributed by atoms with Crippen LogP contribution in [0.2, 0.25) is 0 Å². The molecule has 1 fully saturated rings. The minimum atomic E-state index is -3.31. The zero-order chi connectivity index (χ0) is 20.0. The molecule has 28 heavy (non-hydrogen) atoms. The first-order valence-electron chi connectivity index (χ1n) is 10.0. The van der Waals surface area contributed by atoms with Gasteiger partial charge in [-0.3, -0.25) is 4.57 Å². The van der Waals surface area contributed by atoms with Crippen molar-refractivity contribution in [1.82, 2.24) is 15.5 Å². The van der Waals surface area contributed by atoms with Crippen LogP contribution in [0.5, 0.6) is 0 Å². The average molecular weight is 407 g/mol. The molecular weight excluding hydrogens is 377 g/mol. The van der Waals surface area contributed by atoms with E-state index in [9.17, 15) is 14.6 Å². The summed E-state index contributed by atoms with van der Waals surface area (Å²) in [5.74, 6) is 0.786. The summed E-state index contributed by atoms with van der Waals surface area (Å²) >= 11 is 0. The first-order chi connectivity index (χ1) is 13.4. The van der Waals surface area contributed by atoms with E-state index in [0.717, 1.165) is 36.8 Å². The number of hydrogen-bond acceptors (Lipinski definition) is 6. The second-order valence-corrected chi connectivity index (χ2v) is 10.3. The molecule has 0 aliphatic heterocycles. The first kappa shape index (κ1) is 21.2. The van der Waals surface area contributed by atoms with Crippen LogP contribution in [0.1, 0.15) is 50.6 Å². The van der Waals surface area contributed by atoms with Crippen LogP contribution in [0.15, 0.2) is 35.1 Å². The Labute approximate surface area is 166 Å². The van der Waals surface area contributed by atoms with Gasteiger partial charge in [-0.25, -0.2) is 0 Å². The Morgan fingerprint density at radius 2 is 2.11 bits per heavy atom. The van der Waals surface area contributed by atoms with Gasteiger partial charge in [0.05, 0.1) is 12.3 Å². The lowest BCUT2D eigenvalue weighted by Gasteiger charge is -2.25. The number of nitrogens with zero attached hydrogens (tertiary/aromatic N) is 2. The smallest absolute Gasteiger partial charge is 0.257 e. The SMILES string of the molecule is CC(NC[C@H](O)CP(=O)(O)CC1CCCCC1)c1cccc(-c2ncno2)c1. The maximum atomic E-state index is 12.5. The van der Waals surface area contributed by atoms with Gasteiger partial charge in [0, 0.05) is 24.3 Å². The standard InChI is InChI=1S/C20H30N3O4P/c1-15(17-8-5-9-18(10-17)20-22-14-23-27-20)21-11-19(24)13-28(25,26)12-16-6-3-2-4-7-16/h5,8-10,14-16,19,21,24H,2-4,6-7,11-13H2,1H3,(H,25,26)/t15?,19-/m0/s1. The van der Waals surface area contributed by atoms with Crippen LogP contribution in [-0.4, -0.2) is 45.1 Å². The molecule has 154 valence electrons. The Bertz CT molecular complexity index is 778. The molecule has 3 rings (SSSR count). The van der Waals surface area contributed by atoms with Crippen molar-refractivity contribution in [2.45, 2.75) is 51.2 Å². The highest BCUT2D eigenvalue weighted by atomic mass is 31.2. The molecule has 2 aromatic rings. The lowest BCUT2D eigenvalue weighted by Crippen LogP contribution is -2.32. The van der Waals surface area contributed by atoms with E-state index in [1.807, 2.05) is 31.2 Å². The lowest BCUT2D eigenvalue weighted by molar-refractivity contribution is 0.186. The van der Waals surface area contributed by atoms with Gasteiger partial charge >= 0.3 is 0 Å². The number of aliphatic hydroxyl groups excluding tert-OH is 1. The molecule has 8 heteroatoms. The van der Waals surface area contributed by atoms with Crippen LogP contribution >= 0.6 is 7.37 Å². The van der Waals surface area contributed by atoms with Crippen molar-refractivity contribution < 1.29 is 19.1 Å². The van der Waals surface area contributed by atoms with E-state index in [2.05, 4.69) is 15.5 Å². The predicted octanol–water partition coefficient (Wildman–Crippen LogP) is 3.60. The number of aromatic nitrogens is 2. The van der Waals surface area contributed by atoms with E-state index in [4.69, 9.17) is 4.52 Å². The van der Waals surface area contributed by atoms with Crippen LogP contribution in [0.25, 0.3) is 11.5 Å². The number of hydrogen-bond donors (Lipinski definition) is 3. The summed E-state index contributed by atoms with van der Waals surface area (Å²) in [6.07, 6.45) is 6.39.